The monoisotopic (exact) mass is 266 g/mol. The number of aromatic nitrogens is 2. The molecule has 0 saturated carbocycles. The lowest BCUT2D eigenvalue weighted by molar-refractivity contribution is 0.0488. The predicted octanol–water partition coefficient (Wildman–Crippen LogP) is 1.52. The molecule has 0 atom stereocenters. The van der Waals surface area contributed by atoms with Crippen LogP contribution >= 0.6 is 0 Å². The molecule has 1 saturated heterocycles. The molecule has 2 rings (SSSR count). The van der Waals surface area contributed by atoms with Gasteiger partial charge in [-0.05, 0) is 25.2 Å². The van der Waals surface area contributed by atoms with E-state index < -0.39 is 0 Å². The third kappa shape index (κ3) is 3.78. The summed E-state index contributed by atoms with van der Waals surface area (Å²) in [6, 6.07) is 0. The lowest BCUT2D eigenvalue weighted by Crippen LogP contribution is -2.22. The van der Waals surface area contributed by atoms with Gasteiger partial charge in [0.1, 0.15) is 12.1 Å². The zero-order valence-electron chi connectivity index (χ0n) is 11.4. The lowest BCUT2D eigenvalue weighted by atomic mass is 10.0. The number of nitrogens with two attached hydrogens (primary N) is 1. The third-order valence-electron chi connectivity index (χ3n) is 3.34. The summed E-state index contributed by atoms with van der Waals surface area (Å²) in [6.45, 7) is 4.45. The molecule has 1 aromatic heterocycles. The summed E-state index contributed by atoms with van der Waals surface area (Å²) >= 11 is 0. The maximum absolute atomic E-state index is 5.87. The van der Waals surface area contributed by atoms with Crippen molar-refractivity contribution >= 4 is 5.82 Å². The highest BCUT2D eigenvalue weighted by atomic mass is 16.5. The first kappa shape index (κ1) is 14.0. The molecule has 1 aliphatic rings. The zero-order valence-corrected chi connectivity index (χ0v) is 11.4. The SMILES string of the molecule is CCCc1c(NN)ncnc1OCC1CCOCC1. The Morgan fingerprint density at radius 2 is 2.21 bits per heavy atom. The Kier molecular flexibility index (Phi) is 5.35. The van der Waals surface area contributed by atoms with E-state index in [-0.39, 0.29) is 0 Å². The van der Waals surface area contributed by atoms with Crippen LogP contribution in [0.1, 0.15) is 31.7 Å². The first-order chi connectivity index (χ1) is 9.35. The summed E-state index contributed by atoms with van der Waals surface area (Å²) in [5.41, 5.74) is 3.57. The smallest absolute Gasteiger partial charge is 0.221 e. The van der Waals surface area contributed by atoms with Crippen LogP contribution in [0.2, 0.25) is 0 Å². The van der Waals surface area contributed by atoms with E-state index in [4.69, 9.17) is 15.3 Å². The van der Waals surface area contributed by atoms with Gasteiger partial charge in [-0.3, -0.25) is 0 Å². The van der Waals surface area contributed by atoms with Crippen molar-refractivity contribution in [3.8, 4) is 5.88 Å². The van der Waals surface area contributed by atoms with Gasteiger partial charge in [0.05, 0.1) is 12.2 Å². The molecule has 0 bridgehead atoms. The molecule has 106 valence electrons. The molecular formula is C13H22N4O2. The number of nitrogen functional groups attached to an aromatic ring is 1. The molecule has 0 aromatic carbocycles. The fraction of sp³-hybridized carbons (Fsp3) is 0.692. The van der Waals surface area contributed by atoms with Gasteiger partial charge in [-0.15, -0.1) is 0 Å². The van der Waals surface area contributed by atoms with E-state index in [9.17, 15) is 0 Å². The maximum Gasteiger partial charge on any atom is 0.221 e. The van der Waals surface area contributed by atoms with Gasteiger partial charge >= 0.3 is 0 Å². The molecule has 3 N–H and O–H groups in total. The second-order valence-electron chi connectivity index (χ2n) is 4.77. The predicted molar refractivity (Wildman–Crippen MR) is 72.9 cm³/mol. The van der Waals surface area contributed by atoms with Gasteiger partial charge in [-0.2, -0.15) is 0 Å². The normalized spacial score (nSPS) is 16.3. The molecule has 6 heteroatoms. The van der Waals surface area contributed by atoms with Crippen LogP contribution < -0.4 is 16.0 Å². The van der Waals surface area contributed by atoms with Crippen LogP contribution in [0.5, 0.6) is 5.88 Å². The van der Waals surface area contributed by atoms with Crippen molar-refractivity contribution < 1.29 is 9.47 Å². The molecule has 0 amide bonds. The second kappa shape index (κ2) is 7.25. The molecule has 0 aliphatic carbocycles. The highest BCUT2D eigenvalue weighted by Gasteiger charge is 2.17. The van der Waals surface area contributed by atoms with E-state index in [1.54, 1.807) is 0 Å². The molecular weight excluding hydrogens is 244 g/mol. The van der Waals surface area contributed by atoms with E-state index >= 15 is 0 Å². The fourth-order valence-electron chi connectivity index (χ4n) is 2.23. The van der Waals surface area contributed by atoms with Crippen molar-refractivity contribution in [3.63, 3.8) is 0 Å². The Morgan fingerprint density at radius 1 is 1.42 bits per heavy atom. The highest BCUT2D eigenvalue weighted by Crippen LogP contribution is 2.24. The molecule has 0 spiro atoms. The van der Waals surface area contributed by atoms with Crippen molar-refractivity contribution in [1.29, 1.82) is 0 Å². The number of anilines is 1. The summed E-state index contributed by atoms with van der Waals surface area (Å²) in [7, 11) is 0. The number of rotatable bonds is 6. The van der Waals surface area contributed by atoms with Crippen LogP contribution in [-0.4, -0.2) is 29.8 Å². The quantitative estimate of drug-likeness (QED) is 0.600. The largest absolute Gasteiger partial charge is 0.477 e. The zero-order chi connectivity index (χ0) is 13.5. The van der Waals surface area contributed by atoms with Crippen molar-refractivity contribution in [2.24, 2.45) is 11.8 Å². The number of nitrogens with zero attached hydrogens (tertiary/aromatic N) is 2. The molecule has 19 heavy (non-hydrogen) atoms. The van der Waals surface area contributed by atoms with Crippen molar-refractivity contribution in [3.05, 3.63) is 11.9 Å². The molecule has 0 radical (unpaired) electrons. The number of ether oxygens (including phenoxy) is 2. The Balaban J connectivity index is 2.01. The van der Waals surface area contributed by atoms with Gasteiger partial charge in [0, 0.05) is 13.2 Å². The molecule has 1 fully saturated rings. The van der Waals surface area contributed by atoms with Crippen LogP contribution in [-0.2, 0) is 11.2 Å². The van der Waals surface area contributed by atoms with E-state index in [1.165, 1.54) is 6.33 Å². The maximum atomic E-state index is 5.87. The third-order valence-corrected chi connectivity index (χ3v) is 3.34. The standard InChI is InChI=1S/C13H22N4O2/c1-2-3-11-12(17-14)15-9-16-13(11)19-8-10-4-6-18-7-5-10/h9-10H,2-8,14H2,1H3,(H,15,16,17). The van der Waals surface area contributed by atoms with E-state index in [0.717, 1.165) is 44.5 Å². The first-order valence-corrected chi connectivity index (χ1v) is 6.86. The van der Waals surface area contributed by atoms with Crippen LogP contribution in [0.15, 0.2) is 6.33 Å². The van der Waals surface area contributed by atoms with Crippen molar-refractivity contribution in [2.45, 2.75) is 32.6 Å². The van der Waals surface area contributed by atoms with Gasteiger partial charge in [-0.25, -0.2) is 15.8 Å². The summed E-state index contributed by atoms with van der Waals surface area (Å²) in [5.74, 6) is 7.33. The number of nitrogens with one attached hydrogen (secondary N) is 1. The van der Waals surface area contributed by atoms with Crippen molar-refractivity contribution in [2.75, 3.05) is 25.2 Å². The summed E-state index contributed by atoms with van der Waals surface area (Å²) < 4.78 is 11.2. The van der Waals surface area contributed by atoms with Gasteiger partial charge < -0.3 is 14.9 Å². The minimum atomic E-state index is 0.549. The Bertz CT molecular complexity index is 394. The molecule has 0 unspecified atom stereocenters. The van der Waals surface area contributed by atoms with Crippen molar-refractivity contribution in [1.82, 2.24) is 9.97 Å². The average molecular weight is 266 g/mol. The van der Waals surface area contributed by atoms with Gasteiger partial charge in [0.25, 0.3) is 0 Å². The highest BCUT2D eigenvalue weighted by molar-refractivity contribution is 5.47. The minimum Gasteiger partial charge on any atom is -0.477 e. The van der Waals surface area contributed by atoms with Gasteiger partial charge in [0.15, 0.2) is 0 Å². The topological polar surface area (TPSA) is 82.3 Å². The fourth-order valence-corrected chi connectivity index (χ4v) is 2.23. The number of hydrogen-bond acceptors (Lipinski definition) is 6. The van der Waals surface area contributed by atoms with Crippen LogP contribution in [0, 0.1) is 5.92 Å². The molecule has 6 nitrogen and oxygen atoms in total. The Hall–Kier alpha value is -1.40. The summed E-state index contributed by atoms with van der Waals surface area (Å²) in [4.78, 5) is 8.35. The summed E-state index contributed by atoms with van der Waals surface area (Å²) in [6.07, 6.45) is 5.43. The summed E-state index contributed by atoms with van der Waals surface area (Å²) in [5, 5.41) is 0. The number of hydrazine groups is 1. The minimum absolute atomic E-state index is 0.549. The lowest BCUT2D eigenvalue weighted by Gasteiger charge is -2.22. The Labute approximate surface area is 113 Å². The average Bonchev–Trinajstić information content (AvgIpc) is 2.47. The Morgan fingerprint density at radius 3 is 2.89 bits per heavy atom. The van der Waals surface area contributed by atoms with Gasteiger partial charge in [0.2, 0.25) is 5.88 Å². The molecule has 1 aromatic rings. The van der Waals surface area contributed by atoms with Gasteiger partial charge in [-0.1, -0.05) is 13.3 Å². The van der Waals surface area contributed by atoms with E-state index in [0.29, 0.717) is 24.2 Å². The van der Waals surface area contributed by atoms with Crippen LogP contribution in [0.25, 0.3) is 0 Å². The molecule has 1 aliphatic heterocycles. The molecule has 2 heterocycles. The second-order valence-corrected chi connectivity index (χ2v) is 4.77. The van der Waals surface area contributed by atoms with Crippen LogP contribution in [0.3, 0.4) is 0 Å². The number of hydrogen-bond donors (Lipinski definition) is 2. The van der Waals surface area contributed by atoms with E-state index in [2.05, 4.69) is 22.3 Å². The van der Waals surface area contributed by atoms with E-state index in [1.807, 2.05) is 0 Å². The van der Waals surface area contributed by atoms with Crippen LogP contribution in [0.4, 0.5) is 5.82 Å². The first-order valence-electron chi connectivity index (χ1n) is 6.86.